The Balaban J connectivity index is 1.44. The molecule has 3 aromatic heterocycles. The van der Waals surface area contributed by atoms with E-state index in [1.807, 2.05) is 24.3 Å². The largest absolute Gasteiger partial charge is 0.434 e. The quantitative estimate of drug-likeness (QED) is 0.367. The summed E-state index contributed by atoms with van der Waals surface area (Å²) in [5.74, 6) is 1.83. The van der Waals surface area contributed by atoms with Crippen LogP contribution in [-0.4, -0.2) is 55.0 Å². The van der Waals surface area contributed by atoms with E-state index in [1.54, 1.807) is 0 Å². The SMILES string of the molecule is C[C@H]1CC[C@H](Cn2c(N3CCOC4CCCC43)nc3nc(-c4n[nH]c(=O)o4)nc(-c4cccc(Cl)c4)c32)CC1. The zero-order valence-electron chi connectivity index (χ0n) is 22.0. The van der Waals surface area contributed by atoms with Crippen LogP contribution in [0.4, 0.5) is 5.95 Å². The van der Waals surface area contributed by atoms with Gasteiger partial charge in [0.1, 0.15) is 11.2 Å². The number of fused-ring (bicyclic) bond motifs is 2. The normalized spacial score (nSPS) is 25.3. The smallest absolute Gasteiger partial charge is 0.384 e. The van der Waals surface area contributed by atoms with Gasteiger partial charge in [0.15, 0.2) is 5.65 Å². The number of imidazole rings is 1. The zero-order valence-corrected chi connectivity index (χ0v) is 22.7. The van der Waals surface area contributed by atoms with Gasteiger partial charge in [-0.25, -0.2) is 19.9 Å². The summed E-state index contributed by atoms with van der Waals surface area (Å²) < 4.78 is 13.7. The Bertz CT molecular complexity index is 1550. The second-order valence-electron chi connectivity index (χ2n) is 11.2. The lowest BCUT2D eigenvalue weighted by Gasteiger charge is -2.39. The third kappa shape index (κ3) is 4.63. The van der Waals surface area contributed by atoms with Crippen molar-refractivity contribution in [2.45, 2.75) is 70.6 Å². The van der Waals surface area contributed by atoms with E-state index in [-0.39, 0.29) is 17.8 Å². The van der Waals surface area contributed by atoms with E-state index in [4.69, 9.17) is 35.7 Å². The zero-order chi connectivity index (χ0) is 26.5. The average molecular weight is 550 g/mol. The van der Waals surface area contributed by atoms with E-state index in [9.17, 15) is 4.79 Å². The molecule has 2 unspecified atom stereocenters. The van der Waals surface area contributed by atoms with Crippen LogP contribution in [0.15, 0.2) is 33.5 Å². The monoisotopic (exact) mass is 549 g/mol. The van der Waals surface area contributed by atoms with Crippen molar-refractivity contribution in [3.8, 4) is 23.0 Å². The van der Waals surface area contributed by atoms with Crippen molar-refractivity contribution in [1.29, 1.82) is 0 Å². The Morgan fingerprint density at radius 1 is 1.10 bits per heavy atom. The van der Waals surface area contributed by atoms with Crippen LogP contribution in [0.3, 0.4) is 0 Å². The maximum absolute atomic E-state index is 11.7. The summed E-state index contributed by atoms with van der Waals surface area (Å²) in [5, 5.41) is 6.92. The number of anilines is 1. The Kier molecular flexibility index (Phi) is 6.39. The van der Waals surface area contributed by atoms with Crippen LogP contribution in [0.25, 0.3) is 34.1 Å². The second kappa shape index (κ2) is 10.1. The summed E-state index contributed by atoms with van der Waals surface area (Å²) in [6, 6.07) is 7.94. The maximum atomic E-state index is 11.7. The van der Waals surface area contributed by atoms with Crippen molar-refractivity contribution in [3.63, 3.8) is 0 Å². The first-order chi connectivity index (χ1) is 19.0. The summed E-state index contributed by atoms with van der Waals surface area (Å²) >= 11 is 6.44. The molecule has 7 rings (SSSR count). The Morgan fingerprint density at radius 2 is 1.97 bits per heavy atom. The minimum Gasteiger partial charge on any atom is -0.384 e. The highest BCUT2D eigenvalue weighted by atomic mass is 35.5. The molecule has 3 aliphatic rings. The van der Waals surface area contributed by atoms with E-state index < -0.39 is 5.76 Å². The second-order valence-corrected chi connectivity index (χ2v) is 11.7. The van der Waals surface area contributed by atoms with Gasteiger partial charge in [0.2, 0.25) is 11.8 Å². The van der Waals surface area contributed by atoms with Crippen LogP contribution in [0.5, 0.6) is 0 Å². The summed E-state index contributed by atoms with van der Waals surface area (Å²) in [4.78, 5) is 29.0. The average Bonchev–Trinajstić information content (AvgIpc) is 3.68. The molecule has 39 heavy (non-hydrogen) atoms. The van der Waals surface area contributed by atoms with Gasteiger partial charge in [0.25, 0.3) is 5.89 Å². The minimum atomic E-state index is -0.656. The van der Waals surface area contributed by atoms with Crippen LogP contribution in [0.1, 0.15) is 51.9 Å². The minimum absolute atomic E-state index is 0.0322. The number of morpholine rings is 1. The van der Waals surface area contributed by atoms with Crippen LogP contribution >= 0.6 is 11.6 Å². The van der Waals surface area contributed by atoms with E-state index in [0.29, 0.717) is 34.9 Å². The van der Waals surface area contributed by atoms with Gasteiger partial charge in [-0.1, -0.05) is 43.5 Å². The van der Waals surface area contributed by atoms with Crippen LogP contribution < -0.4 is 10.7 Å². The molecule has 2 atom stereocenters. The highest BCUT2D eigenvalue weighted by Gasteiger charge is 2.39. The molecule has 2 aliphatic carbocycles. The molecule has 0 radical (unpaired) electrons. The number of nitrogens with zero attached hydrogens (tertiary/aromatic N) is 6. The predicted octanol–water partition coefficient (Wildman–Crippen LogP) is 5.07. The molecular formula is C28H32ClN7O3. The van der Waals surface area contributed by atoms with Gasteiger partial charge in [0, 0.05) is 23.7 Å². The maximum Gasteiger partial charge on any atom is 0.434 e. The Hall–Kier alpha value is -3.24. The molecule has 204 valence electrons. The molecule has 1 aromatic carbocycles. The number of hydrogen-bond acceptors (Lipinski definition) is 8. The Morgan fingerprint density at radius 3 is 2.77 bits per heavy atom. The van der Waals surface area contributed by atoms with Crippen molar-refractivity contribution in [2.75, 3.05) is 18.1 Å². The van der Waals surface area contributed by atoms with Gasteiger partial charge >= 0.3 is 5.76 Å². The van der Waals surface area contributed by atoms with Gasteiger partial charge in [0.05, 0.1) is 18.8 Å². The molecule has 1 saturated heterocycles. The molecular weight excluding hydrogens is 518 g/mol. The lowest BCUT2D eigenvalue weighted by Crippen LogP contribution is -2.49. The number of aromatic nitrogens is 6. The first-order valence-electron chi connectivity index (χ1n) is 14.0. The van der Waals surface area contributed by atoms with Gasteiger partial charge in [-0.2, -0.15) is 4.98 Å². The molecule has 0 bridgehead atoms. The summed E-state index contributed by atoms with van der Waals surface area (Å²) in [5.41, 5.74) is 2.97. The fraction of sp³-hybridized carbons (Fsp3) is 0.536. The first kappa shape index (κ1) is 24.8. The number of hydrogen-bond donors (Lipinski definition) is 1. The molecule has 10 nitrogen and oxygen atoms in total. The first-order valence-corrected chi connectivity index (χ1v) is 14.4. The molecule has 4 aromatic rings. The molecule has 1 aliphatic heterocycles. The fourth-order valence-electron chi connectivity index (χ4n) is 6.62. The highest BCUT2D eigenvalue weighted by molar-refractivity contribution is 6.30. The van der Waals surface area contributed by atoms with Gasteiger partial charge < -0.3 is 18.6 Å². The van der Waals surface area contributed by atoms with Crippen molar-refractivity contribution in [1.82, 2.24) is 29.7 Å². The number of ether oxygens (including phenoxy) is 1. The topological polar surface area (TPSA) is 115 Å². The van der Waals surface area contributed by atoms with Crippen molar-refractivity contribution >= 4 is 28.7 Å². The number of nitrogens with one attached hydrogen (secondary N) is 1. The molecule has 1 N–H and O–H groups in total. The molecule has 4 heterocycles. The van der Waals surface area contributed by atoms with Crippen molar-refractivity contribution in [3.05, 3.63) is 39.8 Å². The predicted molar refractivity (Wildman–Crippen MR) is 148 cm³/mol. The Labute approximate surface area is 230 Å². The van der Waals surface area contributed by atoms with E-state index >= 15 is 0 Å². The van der Waals surface area contributed by atoms with Gasteiger partial charge in [-0.15, -0.1) is 5.10 Å². The summed E-state index contributed by atoms with van der Waals surface area (Å²) in [6.45, 7) is 4.67. The summed E-state index contributed by atoms with van der Waals surface area (Å²) in [7, 11) is 0. The lowest BCUT2D eigenvalue weighted by molar-refractivity contribution is 0.0247. The third-order valence-electron chi connectivity index (χ3n) is 8.63. The van der Waals surface area contributed by atoms with Crippen molar-refractivity contribution < 1.29 is 9.15 Å². The van der Waals surface area contributed by atoms with E-state index in [2.05, 4.69) is 26.6 Å². The molecule has 0 spiro atoms. The number of aromatic amines is 1. The molecule has 2 saturated carbocycles. The molecule has 0 amide bonds. The number of benzene rings is 1. The number of halogens is 1. The number of H-pyrrole nitrogens is 1. The highest BCUT2D eigenvalue weighted by Crippen LogP contribution is 2.39. The fourth-order valence-corrected chi connectivity index (χ4v) is 6.81. The molecule has 3 fully saturated rings. The van der Waals surface area contributed by atoms with Crippen LogP contribution in [0.2, 0.25) is 5.02 Å². The van der Waals surface area contributed by atoms with E-state index in [0.717, 1.165) is 55.3 Å². The third-order valence-corrected chi connectivity index (χ3v) is 8.86. The lowest BCUT2D eigenvalue weighted by atomic mass is 9.83. The molecule has 11 heteroatoms. The van der Waals surface area contributed by atoms with Crippen molar-refractivity contribution in [2.24, 2.45) is 11.8 Å². The summed E-state index contributed by atoms with van der Waals surface area (Å²) in [6.07, 6.45) is 8.43. The van der Waals surface area contributed by atoms with Crippen LogP contribution in [-0.2, 0) is 11.3 Å². The standard InChI is InChI=1S/C28H32ClN7O3/c1-16-8-10-17(11-9-16)15-36-23-22(18-4-2-5-19(29)14-18)30-25(26-33-34-28(37)39-26)31-24(23)32-27(36)35-12-13-38-21-7-3-6-20(21)35/h2,4-5,14,16-17,20-21H,3,6-13,15H2,1H3,(H,34,37)/t16-,17-,20?,21?. The van der Waals surface area contributed by atoms with Crippen LogP contribution in [0, 0.1) is 11.8 Å². The number of rotatable bonds is 5. The van der Waals surface area contributed by atoms with E-state index in [1.165, 1.54) is 25.7 Å². The van der Waals surface area contributed by atoms with Gasteiger partial charge in [-0.05, 0) is 56.1 Å². The van der Waals surface area contributed by atoms with Gasteiger partial charge in [-0.3, -0.25) is 0 Å².